The lowest BCUT2D eigenvalue weighted by atomic mass is 9.48. The van der Waals surface area contributed by atoms with E-state index in [4.69, 9.17) is 0 Å². The number of nitrogens with zero attached hydrogens (tertiary/aromatic N) is 3. The molecule has 21 rings (SSSR count). The number of hydrogen-bond donors (Lipinski definition) is 0. The van der Waals surface area contributed by atoms with E-state index < -0.39 is 6.37 Å². The van der Waals surface area contributed by atoms with Gasteiger partial charge in [0.05, 0.1) is 0 Å². The maximum Gasteiger partial charge on any atom is 0.212 e. The quantitative estimate of drug-likeness (QED) is 0.114. The molecule has 92 heavy (non-hydrogen) atoms. The molecular formula is C89H100N3+3. The molecule has 0 spiro atoms. The van der Waals surface area contributed by atoms with Crippen LogP contribution < -0.4 is 13.7 Å². The van der Waals surface area contributed by atoms with Crippen molar-refractivity contribution in [3.8, 4) is 67.2 Å². The highest BCUT2D eigenvalue weighted by atomic mass is 14.9. The van der Waals surface area contributed by atoms with Crippen LogP contribution in [0.25, 0.3) is 67.2 Å². The summed E-state index contributed by atoms with van der Waals surface area (Å²) in [5.74, 6) is 8.38. The number of pyridine rings is 3. The number of benzene rings is 6. The second kappa shape index (κ2) is 24.3. The topological polar surface area (TPSA) is 11.6 Å². The standard InChI is InChI=1S/2C30H34N.C29H32N/c2*1-21-5-3-4-6-28(21)29-12-11-27(20-31(29)2)26-9-7-22(8-10-26)16-30-17-23-13-24(18-30)15-25(14-23)19-30;1-20-6-3-4-9-27(20)28-11-10-25(19-30(28)2)24-7-5-8-26(15-24)29-16-21-12-22(17-29)14-23(13-21)18-29/h2*3-12,20,23-25H,13-19H2,1-2H3;3-11,15,19,21-23H,12-14,16-18H2,1-2H3/q3*+1/i16D2;;. The maximum atomic E-state index is 9.26. The Balaban J connectivity index is 0.000000112. The van der Waals surface area contributed by atoms with Crippen molar-refractivity contribution < 1.29 is 16.4 Å². The van der Waals surface area contributed by atoms with E-state index in [0.717, 1.165) is 89.2 Å². The molecule has 12 fully saturated rings. The summed E-state index contributed by atoms with van der Waals surface area (Å²) in [5, 5.41) is 0. The summed E-state index contributed by atoms with van der Waals surface area (Å²) >= 11 is 0. The molecule has 468 valence electrons. The van der Waals surface area contributed by atoms with Crippen LogP contribution in [0.5, 0.6) is 0 Å². The lowest BCUT2D eigenvalue weighted by molar-refractivity contribution is -0.660. The van der Waals surface area contributed by atoms with Crippen LogP contribution in [0.2, 0.25) is 0 Å². The molecule has 3 heteroatoms. The van der Waals surface area contributed by atoms with E-state index in [0.29, 0.717) is 10.8 Å². The highest BCUT2D eigenvalue weighted by Gasteiger charge is 2.53. The van der Waals surface area contributed by atoms with Crippen LogP contribution in [0.15, 0.2) is 201 Å². The van der Waals surface area contributed by atoms with Crippen LogP contribution in [-0.4, -0.2) is 0 Å². The van der Waals surface area contributed by atoms with Gasteiger partial charge in [0.25, 0.3) is 0 Å². The van der Waals surface area contributed by atoms with Crippen molar-refractivity contribution in [2.24, 2.45) is 85.2 Å². The van der Waals surface area contributed by atoms with Gasteiger partial charge in [-0.3, -0.25) is 0 Å². The lowest BCUT2D eigenvalue weighted by Gasteiger charge is -2.57. The van der Waals surface area contributed by atoms with Gasteiger partial charge in [0, 0.05) is 54.3 Å². The van der Waals surface area contributed by atoms with Crippen LogP contribution in [0.4, 0.5) is 0 Å². The first-order valence-electron chi connectivity index (χ1n) is 37.0. The van der Waals surface area contributed by atoms with Gasteiger partial charge in [-0.05, 0) is 305 Å². The predicted molar refractivity (Wildman–Crippen MR) is 378 cm³/mol. The fraction of sp³-hybridized carbons (Fsp3) is 0.427. The van der Waals surface area contributed by atoms with E-state index >= 15 is 0 Å². The van der Waals surface area contributed by atoms with E-state index in [1.165, 1.54) is 175 Å². The first-order valence-corrected chi connectivity index (χ1v) is 36.0. The van der Waals surface area contributed by atoms with Crippen molar-refractivity contribution >= 4 is 0 Å². The number of aryl methyl sites for hydroxylation is 6. The molecule has 3 heterocycles. The third-order valence-electron chi connectivity index (χ3n) is 25.2. The van der Waals surface area contributed by atoms with Gasteiger partial charge in [-0.25, -0.2) is 13.7 Å². The van der Waals surface area contributed by atoms with Crippen molar-refractivity contribution in [2.75, 3.05) is 0 Å². The molecule has 6 aromatic carbocycles. The van der Waals surface area contributed by atoms with Crippen LogP contribution in [0, 0.1) is 84.9 Å². The molecule has 12 saturated carbocycles. The third-order valence-corrected chi connectivity index (χ3v) is 25.2. The molecule has 0 unspecified atom stereocenters. The monoisotopic (exact) mass is 1210 g/mol. The van der Waals surface area contributed by atoms with Crippen molar-refractivity contribution in [1.82, 2.24) is 0 Å². The van der Waals surface area contributed by atoms with Gasteiger partial charge in [0.15, 0.2) is 18.6 Å². The molecule has 12 aliphatic rings. The molecule has 0 aliphatic heterocycles. The summed E-state index contributed by atoms with van der Waals surface area (Å²) < 4.78 is 25.3. The summed E-state index contributed by atoms with van der Waals surface area (Å²) in [6, 6.07) is 66.7. The fourth-order valence-electron chi connectivity index (χ4n) is 22.3. The van der Waals surface area contributed by atoms with Crippen LogP contribution in [0.3, 0.4) is 0 Å². The Labute approximate surface area is 554 Å². The highest BCUT2D eigenvalue weighted by molar-refractivity contribution is 5.69. The summed E-state index contributed by atoms with van der Waals surface area (Å²) in [6.07, 6.45) is 32.1. The van der Waals surface area contributed by atoms with E-state index in [9.17, 15) is 2.74 Å². The summed E-state index contributed by atoms with van der Waals surface area (Å²) in [6.45, 7) is 6.53. The zero-order valence-electron chi connectivity index (χ0n) is 58.0. The molecule has 9 aromatic rings. The maximum absolute atomic E-state index is 9.26. The Bertz CT molecular complexity index is 4180. The minimum atomic E-state index is -1.25. The van der Waals surface area contributed by atoms with Gasteiger partial charge in [0.2, 0.25) is 17.1 Å². The summed E-state index contributed by atoms with van der Waals surface area (Å²) in [4.78, 5) is 0. The number of hydrogen-bond acceptors (Lipinski definition) is 0. The predicted octanol–water partition coefficient (Wildman–Crippen LogP) is 20.4. The van der Waals surface area contributed by atoms with Crippen LogP contribution >= 0.6 is 0 Å². The summed E-state index contributed by atoms with van der Waals surface area (Å²) in [7, 11) is 6.44. The molecule has 12 bridgehead atoms. The third kappa shape index (κ3) is 11.9. The first kappa shape index (κ1) is 57.4. The van der Waals surface area contributed by atoms with Crippen molar-refractivity contribution in [2.45, 2.75) is 155 Å². The van der Waals surface area contributed by atoms with Crippen molar-refractivity contribution in [3.05, 3.63) is 234 Å². The Morgan fingerprint density at radius 3 is 1.02 bits per heavy atom. The van der Waals surface area contributed by atoms with Crippen molar-refractivity contribution in [3.63, 3.8) is 0 Å². The molecule has 3 nitrogen and oxygen atoms in total. The molecular weight excluding hydrogens is 1110 g/mol. The zero-order valence-corrected chi connectivity index (χ0v) is 56.0. The lowest BCUT2D eigenvalue weighted by Crippen LogP contribution is -2.48. The van der Waals surface area contributed by atoms with Gasteiger partial charge >= 0.3 is 0 Å². The molecule has 3 aromatic heterocycles. The molecule has 0 atom stereocenters. The molecule has 12 aliphatic carbocycles. The Morgan fingerprint density at radius 1 is 0.326 bits per heavy atom. The van der Waals surface area contributed by atoms with Crippen molar-refractivity contribution in [1.29, 1.82) is 0 Å². The largest absolute Gasteiger partial charge is 0.212 e. The normalized spacial score (nSPS) is 29.4. The van der Waals surface area contributed by atoms with Gasteiger partial charge in [-0.1, -0.05) is 127 Å². The molecule has 0 radical (unpaired) electrons. The highest BCUT2D eigenvalue weighted by Crippen LogP contribution is 2.63. The van der Waals surface area contributed by atoms with E-state index in [1.807, 2.05) is 0 Å². The Morgan fingerprint density at radius 2 is 0.652 bits per heavy atom. The summed E-state index contributed by atoms with van der Waals surface area (Å²) in [5.41, 5.74) is 24.1. The van der Waals surface area contributed by atoms with Crippen LogP contribution in [0.1, 0.15) is 152 Å². The smallest absolute Gasteiger partial charge is 0.200 e. The van der Waals surface area contributed by atoms with Crippen LogP contribution in [-0.2, 0) is 39.4 Å². The average Bonchev–Trinajstić information content (AvgIpc) is 0.728. The Hall–Kier alpha value is -7.23. The Kier molecular flexibility index (Phi) is 15.2. The molecule has 0 amide bonds. The SMILES string of the molecule is Cc1ccccc1-c1ccc(-c2ccc(CC34CC5CC(CC(C5)C3)C4)cc2)c[n+]1C.Cc1ccccc1-c1ccc(-c2cccc(C34CC5CC(CC(C5)C3)C4)c2)c[n+]1C.[2H]C([2H])(c1ccc(-c2ccc(-c3ccccc3C)[n+](C)c2)cc1)C12CC3CC(CC(C3)C1)C2. The first-order chi connectivity index (χ1) is 45.5. The second-order valence-corrected chi connectivity index (χ2v) is 32.2. The molecule has 0 saturated heterocycles. The van der Waals surface area contributed by atoms with Gasteiger partial charge in [-0.15, -0.1) is 0 Å². The molecule has 0 N–H and O–H groups in total. The number of rotatable bonds is 11. The number of aromatic nitrogens is 3. The fourth-order valence-corrected chi connectivity index (χ4v) is 22.3. The van der Waals surface area contributed by atoms with Gasteiger partial charge < -0.3 is 0 Å². The second-order valence-electron chi connectivity index (χ2n) is 32.2. The van der Waals surface area contributed by atoms with E-state index in [2.05, 4.69) is 256 Å². The average molecular weight is 1210 g/mol. The zero-order chi connectivity index (χ0) is 64.1. The van der Waals surface area contributed by atoms with Gasteiger partial charge in [0.1, 0.15) is 21.1 Å². The van der Waals surface area contributed by atoms with E-state index in [-0.39, 0.29) is 5.41 Å². The minimum Gasteiger partial charge on any atom is -0.200 e. The van der Waals surface area contributed by atoms with E-state index in [1.54, 1.807) is 11.1 Å². The van der Waals surface area contributed by atoms with Gasteiger partial charge in [-0.2, -0.15) is 0 Å². The minimum absolute atomic E-state index is 0.148.